The normalized spacial score (nSPS) is 14.2. The van der Waals surface area contributed by atoms with Crippen molar-refractivity contribution in [2.45, 2.75) is 52.9 Å². The molecule has 0 spiro atoms. The van der Waals surface area contributed by atoms with E-state index in [0.717, 1.165) is 36.0 Å². The first-order chi connectivity index (χ1) is 9.56. The van der Waals surface area contributed by atoms with Crippen molar-refractivity contribution in [1.29, 1.82) is 0 Å². The molecule has 0 aromatic heterocycles. The molecular weight excluding hydrogens is 289 g/mol. The molecule has 1 N–H and O–H groups in total. The van der Waals surface area contributed by atoms with Crippen molar-refractivity contribution in [2.75, 3.05) is 13.1 Å². The highest BCUT2D eigenvalue weighted by atomic mass is 35.5. The van der Waals surface area contributed by atoms with E-state index in [1.54, 1.807) is 0 Å². The van der Waals surface area contributed by atoms with Crippen molar-refractivity contribution in [2.24, 2.45) is 5.41 Å². The summed E-state index contributed by atoms with van der Waals surface area (Å²) in [7, 11) is 0. The number of benzene rings is 1. The van der Waals surface area contributed by atoms with Crippen molar-refractivity contribution in [3.05, 3.63) is 33.8 Å². The molecule has 1 aromatic rings. The SMILES string of the molecule is CCCCC(CC)(CNCC)Cc1cc(Cl)ccc1Cl. The van der Waals surface area contributed by atoms with Crippen LogP contribution in [0.5, 0.6) is 0 Å². The predicted octanol–water partition coefficient (Wildman–Crippen LogP) is 5.73. The number of halogens is 2. The molecule has 0 radical (unpaired) electrons. The smallest absolute Gasteiger partial charge is 0.0439 e. The van der Waals surface area contributed by atoms with Gasteiger partial charge in [-0.05, 0) is 55.0 Å². The maximum atomic E-state index is 6.35. The molecule has 0 amide bonds. The van der Waals surface area contributed by atoms with Crippen molar-refractivity contribution in [3.63, 3.8) is 0 Å². The summed E-state index contributed by atoms with van der Waals surface area (Å²) in [4.78, 5) is 0. The Morgan fingerprint density at radius 3 is 2.50 bits per heavy atom. The van der Waals surface area contributed by atoms with Crippen LogP contribution in [0.4, 0.5) is 0 Å². The lowest BCUT2D eigenvalue weighted by atomic mass is 9.75. The van der Waals surface area contributed by atoms with Crippen LogP contribution in [-0.2, 0) is 6.42 Å². The van der Waals surface area contributed by atoms with E-state index in [4.69, 9.17) is 23.2 Å². The Kier molecular flexibility index (Phi) is 7.94. The average Bonchev–Trinajstić information content (AvgIpc) is 2.46. The van der Waals surface area contributed by atoms with Gasteiger partial charge in [0.1, 0.15) is 0 Å². The number of hydrogen-bond donors (Lipinski definition) is 1. The lowest BCUT2D eigenvalue weighted by molar-refractivity contribution is 0.231. The molecule has 1 unspecified atom stereocenters. The Morgan fingerprint density at radius 2 is 1.90 bits per heavy atom. The standard InChI is InChI=1S/C17H27Cl2N/c1-4-7-10-17(5-2,13-20-6-3)12-14-11-15(18)8-9-16(14)19/h8-9,11,20H,4-7,10,12-13H2,1-3H3. The zero-order valence-corrected chi connectivity index (χ0v) is 14.4. The van der Waals surface area contributed by atoms with E-state index in [2.05, 4.69) is 26.1 Å². The van der Waals surface area contributed by atoms with Gasteiger partial charge in [0.15, 0.2) is 0 Å². The van der Waals surface area contributed by atoms with Crippen molar-refractivity contribution in [1.82, 2.24) is 5.32 Å². The molecule has 1 rings (SSSR count). The number of nitrogens with one attached hydrogen (secondary N) is 1. The number of hydrogen-bond acceptors (Lipinski definition) is 1. The Balaban J connectivity index is 2.93. The molecule has 0 saturated heterocycles. The minimum Gasteiger partial charge on any atom is -0.316 e. The first kappa shape index (κ1) is 17.8. The Hall–Kier alpha value is -0.240. The fraction of sp³-hybridized carbons (Fsp3) is 0.647. The lowest BCUT2D eigenvalue weighted by Crippen LogP contribution is -2.36. The maximum absolute atomic E-state index is 6.35. The van der Waals surface area contributed by atoms with Crippen LogP contribution in [0.2, 0.25) is 10.0 Å². The Labute approximate surface area is 134 Å². The summed E-state index contributed by atoms with van der Waals surface area (Å²) in [5.41, 5.74) is 1.45. The minimum absolute atomic E-state index is 0.278. The van der Waals surface area contributed by atoms with Gasteiger partial charge in [-0.3, -0.25) is 0 Å². The summed E-state index contributed by atoms with van der Waals surface area (Å²) in [6, 6.07) is 5.79. The van der Waals surface area contributed by atoms with Crippen molar-refractivity contribution in [3.8, 4) is 0 Å². The van der Waals surface area contributed by atoms with Crippen LogP contribution in [0.25, 0.3) is 0 Å². The molecule has 20 heavy (non-hydrogen) atoms. The Bertz CT molecular complexity index is 396. The molecule has 0 aliphatic rings. The van der Waals surface area contributed by atoms with Gasteiger partial charge in [-0.1, -0.05) is 56.8 Å². The molecule has 0 aliphatic heterocycles. The molecule has 114 valence electrons. The molecule has 0 heterocycles. The molecule has 0 saturated carbocycles. The van der Waals surface area contributed by atoms with Crippen LogP contribution in [0.3, 0.4) is 0 Å². The fourth-order valence-corrected chi connectivity index (χ4v) is 3.07. The van der Waals surface area contributed by atoms with Crippen LogP contribution < -0.4 is 5.32 Å². The minimum atomic E-state index is 0.278. The van der Waals surface area contributed by atoms with Gasteiger partial charge < -0.3 is 5.32 Å². The van der Waals surface area contributed by atoms with E-state index < -0.39 is 0 Å². The van der Waals surface area contributed by atoms with Crippen LogP contribution in [0, 0.1) is 5.41 Å². The van der Waals surface area contributed by atoms with Gasteiger partial charge in [0.05, 0.1) is 0 Å². The predicted molar refractivity (Wildman–Crippen MR) is 91.0 cm³/mol. The van der Waals surface area contributed by atoms with Gasteiger partial charge >= 0.3 is 0 Å². The van der Waals surface area contributed by atoms with Gasteiger partial charge in [-0.15, -0.1) is 0 Å². The largest absolute Gasteiger partial charge is 0.316 e. The lowest BCUT2D eigenvalue weighted by Gasteiger charge is -2.34. The van der Waals surface area contributed by atoms with Gasteiger partial charge in [0.25, 0.3) is 0 Å². The molecule has 3 heteroatoms. The topological polar surface area (TPSA) is 12.0 Å². The van der Waals surface area contributed by atoms with E-state index in [0.29, 0.717) is 0 Å². The molecular formula is C17H27Cl2N. The second-order valence-electron chi connectivity index (χ2n) is 5.65. The van der Waals surface area contributed by atoms with Gasteiger partial charge in [-0.2, -0.15) is 0 Å². The summed E-state index contributed by atoms with van der Waals surface area (Å²) < 4.78 is 0. The highest BCUT2D eigenvalue weighted by molar-refractivity contribution is 6.33. The van der Waals surface area contributed by atoms with Crippen molar-refractivity contribution < 1.29 is 0 Å². The average molecular weight is 316 g/mol. The first-order valence-electron chi connectivity index (χ1n) is 7.71. The highest BCUT2D eigenvalue weighted by Crippen LogP contribution is 2.35. The van der Waals surface area contributed by atoms with Crippen LogP contribution in [-0.4, -0.2) is 13.1 Å². The van der Waals surface area contributed by atoms with Gasteiger partial charge in [0.2, 0.25) is 0 Å². The van der Waals surface area contributed by atoms with Crippen LogP contribution in [0.15, 0.2) is 18.2 Å². The second kappa shape index (κ2) is 8.92. The molecule has 0 aliphatic carbocycles. The Morgan fingerprint density at radius 1 is 1.15 bits per heavy atom. The van der Waals surface area contributed by atoms with Crippen LogP contribution in [0.1, 0.15) is 52.0 Å². The van der Waals surface area contributed by atoms with E-state index >= 15 is 0 Å². The maximum Gasteiger partial charge on any atom is 0.0439 e. The molecule has 1 atom stereocenters. The summed E-state index contributed by atoms with van der Waals surface area (Å²) >= 11 is 12.5. The summed E-state index contributed by atoms with van der Waals surface area (Å²) in [5.74, 6) is 0. The van der Waals surface area contributed by atoms with E-state index in [9.17, 15) is 0 Å². The molecule has 0 bridgehead atoms. The zero-order valence-electron chi connectivity index (χ0n) is 12.9. The third-order valence-corrected chi connectivity index (χ3v) is 4.74. The second-order valence-corrected chi connectivity index (χ2v) is 6.49. The quantitative estimate of drug-likeness (QED) is 0.613. The number of rotatable bonds is 9. The summed E-state index contributed by atoms with van der Waals surface area (Å²) in [6.07, 6.45) is 5.88. The zero-order chi connectivity index (χ0) is 15.0. The fourth-order valence-electron chi connectivity index (χ4n) is 2.69. The van der Waals surface area contributed by atoms with Crippen molar-refractivity contribution >= 4 is 23.2 Å². The summed E-state index contributed by atoms with van der Waals surface area (Å²) in [6.45, 7) is 8.75. The molecule has 1 aromatic carbocycles. The van der Waals surface area contributed by atoms with E-state index in [1.165, 1.54) is 24.8 Å². The first-order valence-corrected chi connectivity index (χ1v) is 8.47. The summed E-state index contributed by atoms with van der Waals surface area (Å²) in [5, 5.41) is 5.13. The van der Waals surface area contributed by atoms with Crippen LogP contribution >= 0.6 is 23.2 Å². The van der Waals surface area contributed by atoms with Gasteiger partial charge in [0, 0.05) is 16.6 Å². The molecule has 1 nitrogen and oxygen atoms in total. The van der Waals surface area contributed by atoms with Gasteiger partial charge in [-0.25, -0.2) is 0 Å². The highest BCUT2D eigenvalue weighted by Gasteiger charge is 2.28. The monoisotopic (exact) mass is 315 g/mol. The third kappa shape index (κ3) is 5.27. The third-order valence-electron chi connectivity index (χ3n) is 4.13. The van der Waals surface area contributed by atoms with E-state index in [1.807, 2.05) is 18.2 Å². The molecule has 0 fully saturated rings. The van der Waals surface area contributed by atoms with E-state index in [-0.39, 0.29) is 5.41 Å². The number of unbranched alkanes of at least 4 members (excludes halogenated alkanes) is 1.